The zero-order chi connectivity index (χ0) is 18.9. The number of hydrogen-bond donors (Lipinski definition) is 0. The molecule has 4 unspecified atom stereocenters. The molecule has 2 aliphatic heterocycles. The van der Waals surface area contributed by atoms with Crippen LogP contribution in [0.5, 0.6) is 5.75 Å². The van der Waals surface area contributed by atoms with Crippen molar-refractivity contribution >= 4 is 8.32 Å². The van der Waals surface area contributed by atoms with Crippen molar-refractivity contribution in [2.45, 2.75) is 63.5 Å². The summed E-state index contributed by atoms with van der Waals surface area (Å²) in [5.74, 6) is 0.811. The Kier molecular flexibility index (Phi) is 5.49. The van der Waals surface area contributed by atoms with E-state index in [0.717, 1.165) is 11.3 Å². The van der Waals surface area contributed by atoms with Crippen molar-refractivity contribution in [2.24, 2.45) is 0 Å². The molecular formula is C20H30O5Si. The average molecular weight is 379 g/mol. The van der Waals surface area contributed by atoms with E-state index in [1.165, 1.54) is 0 Å². The first kappa shape index (κ1) is 19.4. The van der Waals surface area contributed by atoms with Gasteiger partial charge in [0, 0.05) is 5.56 Å². The van der Waals surface area contributed by atoms with E-state index in [-0.39, 0.29) is 23.4 Å². The minimum atomic E-state index is -1.93. The van der Waals surface area contributed by atoms with Crippen LogP contribution in [0.25, 0.3) is 0 Å². The zero-order valence-electron chi connectivity index (χ0n) is 16.5. The lowest BCUT2D eigenvalue weighted by molar-refractivity contribution is -0.274. The summed E-state index contributed by atoms with van der Waals surface area (Å²) in [6.07, 6.45) is 2.80. The van der Waals surface area contributed by atoms with Gasteiger partial charge in [0.1, 0.15) is 11.9 Å². The minimum Gasteiger partial charge on any atom is -0.497 e. The third-order valence-corrected chi connectivity index (χ3v) is 10.0. The topological polar surface area (TPSA) is 46.2 Å². The molecule has 1 saturated heterocycles. The van der Waals surface area contributed by atoms with E-state index in [2.05, 4.69) is 33.9 Å². The fourth-order valence-electron chi connectivity index (χ4n) is 2.84. The second kappa shape index (κ2) is 7.35. The van der Waals surface area contributed by atoms with Gasteiger partial charge in [-0.1, -0.05) is 32.9 Å². The molecule has 0 spiro atoms. The second-order valence-electron chi connectivity index (χ2n) is 8.38. The molecule has 3 rings (SSSR count). The molecule has 1 aromatic rings. The van der Waals surface area contributed by atoms with Gasteiger partial charge in [-0.3, -0.25) is 0 Å². The van der Waals surface area contributed by atoms with Gasteiger partial charge in [0.05, 0.1) is 26.1 Å². The fraction of sp³-hybridized carbons (Fsp3) is 0.600. The number of fused-ring (bicyclic) bond motifs is 1. The quantitative estimate of drug-likeness (QED) is 0.726. The van der Waals surface area contributed by atoms with Crippen LogP contribution < -0.4 is 4.74 Å². The molecule has 0 aliphatic carbocycles. The van der Waals surface area contributed by atoms with Gasteiger partial charge in [0.15, 0.2) is 20.7 Å². The van der Waals surface area contributed by atoms with E-state index < -0.39 is 14.6 Å². The predicted molar refractivity (Wildman–Crippen MR) is 103 cm³/mol. The van der Waals surface area contributed by atoms with Gasteiger partial charge in [0.2, 0.25) is 0 Å². The molecule has 0 amide bonds. The van der Waals surface area contributed by atoms with Crippen molar-refractivity contribution < 1.29 is 23.4 Å². The summed E-state index contributed by atoms with van der Waals surface area (Å²) < 4.78 is 29.7. The summed E-state index contributed by atoms with van der Waals surface area (Å²) in [7, 11) is -0.272. The third kappa shape index (κ3) is 3.98. The lowest BCUT2D eigenvalue weighted by Crippen LogP contribution is -2.54. The number of rotatable bonds is 4. The van der Waals surface area contributed by atoms with Crippen LogP contribution >= 0.6 is 0 Å². The number of ether oxygens (including phenoxy) is 4. The summed E-state index contributed by atoms with van der Waals surface area (Å²) >= 11 is 0. The monoisotopic (exact) mass is 378 g/mol. The standard InChI is InChI=1S/C20H30O5Si/c1-20(2,3)26(5,6)25-16-11-12-22-17-13-23-19(24-18(16)17)14-7-9-15(21-4)10-8-14/h7-12,16-19H,13H2,1-6H3. The van der Waals surface area contributed by atoms with Gasteiger partial charge in [-0.2, -0.15) is 0 Å². The van der Waals surface area contributed by atoms with Crippen molar-refractivity contribution in [3.05, 3.63) is 42.2 Å². The van der Waals surface area contributed by atoms with E-state index in [9.17, 15) is 0 Å². The Morgan fingerprint density at radius 3 is 2.42 bits per heavy atom. The van der Waals surface area contributed by atoms with Crippen molar-refractivity contribution in [3.63, 3.8) is 0 Å². The van der Waals surface area contributed by atoms with Crippen LogP contribution in [0.2, 0.25) is 18.1 Å². The highest BCUT2D eigenvalue weighted by Crippen LogP contribution is 2.40. The van der Waals surface area contributed by atoms with Gasteiger partial charge in [-0.15, -0.1) is 0 Å². The van der Waals surface area contributed by atoms with E-state index in [1.54, 1.807) is 13.4 Å². The molecule has 6 heteroatoms. The molecule has 0 N–H and O–H groups in total. The molecule has 2 aliphatic rings. The predicted octanol–water partition coefficient (Wildman–Crippen LogP) is 4.41. The zero-order valence-corrected chi connectivity index (χ0v) is 17.5. The molecule has 5 nitrogen and oxygen atoms in total. The van der Waals surface area contributed by atoms with Crippen molar-refractivity contribution in [3.8, 4) is 5.75 Å². The first-order valence-electron chi connectivity index (χ1n) is 9.12. The molecule has 0 aromatic heterocycles. The average Bonchev–Trinajstić information content (AvgIpc) is 2.60. The van der Waals surface area contributed by atoms with E-state index in [4.69, 9.17) is 23.4 Å². The molecule has 1 aromatic carbocycles. The number of hydrogen-bond acceptors (Lipinski definition) is 5. The molecule has 0 saturated carbocycles. The Balaban J connectivity index is 1.75. The highest BCUT2D eigenvalue weighted by molar-refractivity contribution is 6.74. The van der Waals surface area contributed by atoms with Crippen molar-refractivity contribution in [1.29, 1.82) is 0 Å². The Morgan fingerprint density at radius 1 is 1.12 bits per heavy atom. The van der Waals surface area contributed by atoms with Crippen LogP contribution in [-0.2, 0) is 18.6 Å². The molecule has 4 atom stereocenters. The highest BCUT2D eigenvalue weighted by atomic mass is 28.4. The SMILES string of the molecule is COc1ccc(C2OCC3OC=CC(O[Si](C)(C)C(C)(C)C)C3O2)cc1. The Bertz CT molecular complexity index is 635. The van der Waals surface area contributed by atoms with Gasteiger partial charge in [-0.05, 0) is 36.3 Å². The van der Waals surface area contributed by atoms with E-state index >= 15 is 0 Å². The summed E-state index contributed by atoms with van der Waals surface area (Å²) in [4.78, 5) is 0. The van der Waals surface area contributed by atoms with Crippen LogP contribution in [-0.4, -0.2) is 40.3 Å². The Morgan fingerprint density at radius 2 is 1.81 bits per heavy atom. The first-order valence-corrected chi connectivity index (χ1v) is 12.0. The van der Waals surface area contributed by atoms with E-state index in [1.807, 2.05) is 30.3 Å². The molecule has 1 fully saturated rings. The van der Waals surface area contributed by atoms with Crippen LogP contribution in [0, 0.1) is 0 Å². The Hall–Kier alpha value is -1.34. The van der Waals surface area contributed by atoms with Gasteiger partial charge >= 0.3 is 0 Å². The van der Waals surface area contributed by atoms with Crippen LogP contribution in [0.4, 0.5) is 0 Å². The molecule has 26 heavy (non-hydrogen) atoms. The smallest absolute Gasteiger partial charge is 0.193 e. The maximum absolute atomic E-state index is 6.60. The lowest BCUT2D eigenvalue weighted by atomic mass is 10.0. The van der Waals surface area contributed by atoms with Crippen LogP contribution in [0.15, 0.2) is 36.6 Å². The number of benzene rings is 1. The van der Waals surface area contributed by atoms with E-state index in [0.29, 0.717) is 6.61 Å². The molecular weight excluding hydrogens is 348 g/mol. The largest absolute Gasteiger partial charge is 0.497 e. The summed E-state index contributed by atoms with van der Waals surface area (Å²) in [5, 5.41) is 0.134. The minimum absolute atomic E-state index is 0.126. The summed E-state index contributed by atoms with van der Waals surface area (Å²) in [6, 6.07) is 7.75. The first-order chi connectivity index (χ1) is 12.2. The molecule has 144 valence electrons. The lowest BCUT2D eigenvalue weighted by Gasteiger charge is -2.45. The third-order valence-electron chi connectivity index (χ3n) is 5.53. The van der Waals surface area contributed by atoms with Gasteiger partial charge < -0.3 is 23.4 Å². The summed E-state index contributed by atoms with van der Waals surface area (Å²) in [5.41, 5.74) is 0.963. The fourth-order valence-corrected chi connectivity index (χ4v) is 4.09. The highest BCUT2D eigenvalue weighted by Gasteiger charge is 2.46. The molecule has 2 heterocycles. The summed E-state index contributed by atoms with van der Waals surface area (Å²) in [6.45, 7) is 11.7. The Labute approximate surface area is 157 Å². The second-order valence-corrected chi connectivity index (χ2v) is 13.1. The molecule has 0 bridgehead atoms. The number of methoxy groups -OCH3 is 1. The van der Waals surface area contributed by atoms with Crippen LogP contribution in [0.1, 0.15) is 32.6 Å². The normalized spacial score (nSPS) is 29.0. The van der Waals surface area contributed by atoms with Crippen molar-refractivity contribution in [1.82, 2.24) is 0 Å². The van der Waals surface area contributed by atoms with Gasteiger partial charge in [-0.25, -0.2) is 0 Å². The maximum atomic E-state index is 6.60. The van der Waals surface area contributed by atoms with Gasteiger partial charge in [0.25, 0.3) is 0 Å². The maximum Gasteiger partial charge on any atom is 0.193 e. The van der Waals surface area contributed by atoms with Crippen molar-refractivity contribution in [2.75, 3.05) is 13.7 Å². The van der Waals surface area contributed by atoms with Crippen LogP contribution in [0.3, 0.4) is 0 Å². The molecule has 0 radical (unpaired) electrons.